The summed E-state index contributed by atoms with van der Waals surface area (Å²) in [7, 11) is 0. The Labute approximate surface area is 112 Å². The number of hydrogen-bond donors (Lipinski definition) is 1. The van der Waals surface area contributed by atoms with E-state index in [1.165, 1.54) is 11.6 Å². The van der Waals surface area contributed by atoms with E-state index in [0.717, 1.165) is 18.7 Å². The second-order valence-electron chi connectivity index (χ2n) is 5.00. The molecule has 0 aromatic heterocycles. The van der Waals surface area contributed by atoms with E-state index in [2.05, 4.69) is 29.2 Å². The van der Waals surface area contributed by atoms with Gasteiger partial charge in [-0.25, -0.2) is 4.39 Å². The van der Waals surface area contributed by atoms with Crippen molar-refractivity contribution >= 4 is 5.69 Å². The van der Waals surface area contributed by atoms with Gasteiger partial charge >= 0.3 is 0 Å². The number of hydrogen-bond acceptors (Lipinski definition) is 2. The van der Waals surface area contributed by atoms with Crippen LogP contribution in [0.15, 0.2) is 48.5 Å². The minimum Gasteiger partial charge on any atom is -0.368 e. The molecule has 2 N–H and O–H groups in total. The largest absolute Gasteiger partial charge is 0.368 e. The van der Waals surface area contributed by atoms with E-state index in [0.29, 0.717) is 18.2 Å². The zero-order valence-electron chi connectivity index (χ0n) is 10.7. The zero-order valence-corrected chi connectivity index (χ0v) is 10.7. The molecule has 0 saturated carbocycles. The molecular weight excluding hydrogens is 239 g/mol. The van der Waals surface area contributed by atoms with E-state index >= 15 is 0 Å². The monoisotopic (exact) mass is 256 g/mol. The molecule has 98 valence electrons. The van der Waals surface area contributed by atoms with Gasteiger partial charge in [0.15, 0.2) is 0 Å². The molecular formula is C16H17FN2. The molecule has 2 nitrogen and oxygen atoms in total. The second-order valence-corrected chi connectivity index (χ2v) is 5.00. The molecule has 3 rings (SSSR count). The third-order valence-electron chi connectivity index (χ3n) is 3.74. The molecule has 0 amide bonds. The maximum absolute atomic E-state index is 13.9. The van der Waals surface area contributed by atoms with Crippen LogP contribution >= 0.6 is 0 Å². The molecule has 0 unspecified atom stereocenters. The highest BCUT2D eigenvalue weighted by Gasteiger charge is 2.29. The van der Waals surface area contributed by atoms with E-state index < -0.39 is 0 Å². The molecule has 0 bridgehead atoms. The van der Waals surface area contributed by atoms with Crippen LogP contribution in [0.4, 0.5) is 10.1 Å². The molecule has 0 radical (unpaired) electrons. The quantitative estimate of drug-likeness (QED) is 0.915. The Bertz CT molecular complexity index is 562. The lowest BCUT2D eigenvalue weighted by atomic mass is 9.91. The maximum atomic E-state index is 13.9. The Balaban J connectivity index is 1.71. The second kappa shape index (κ2) is 5.02. The van der Waals surface area contributed by atoms with Crippen LogP contribution in [0.1, 0.15) is 17.0 Å². The molecule has 2 aromatic rings. The maximum Gasteiger partial charge on any atom is 0.146 e. The Hall–Kier alpha value is -1.87. The van der Waals surface area contributed by atoms with E-state index in [-0.39, 0.29) is 5.82 Å². The Morgan fingerprint density at radius 1 is 1.11 bits per heavy atom. The summed E-state index contributed by atoms with van der Waals surface area (Å²) < 4.78 is 13.9. The lowest BCUT2D eigenvalue weighted by Gasteiger charge is -2.41. The first kappa shape index (κ1) is 12.2. The van der Waals surface area contributed by atoms with Crippen molar-refractivity contribution in [3.8, 4) is 0 Å². The van der Waals surface area contributed by atoms with Crippen molar-refractivity contribution in [2.45, 2.75) is 12.5 Å². The van der Waals surface area contributed by atoms with Crippen LogP contribution in [0.3, 0.4) is 0 Å². The summed E-state index contributed by atoms with van der Waals surface area (Å²) >= 11 is 0. The van der Waals surface area contributed by atoms with Crippen LogP contribution in [0, 0.1) is 5.82 Å². The minimum absolute atomic E-state index is 0.172. The van der Waals surface area contributed by atoms with Crippen LogP contribution in [0.2, 0.25) is 0 Å². The minimum atomic E-state index is -0.172. The summed E-state index contributed by atoms with van der Waals surface area (Å²) in [5.41, 5.74) is 8.36. The van der Waals surface area contributed by atoms with Crippen molar-refractivity contribution in [1.29, 1.82) is 0 Å². The molecule has 0 spiro atoms. The summed E-state index contributed by atoms with van der Waals surface area (Å²) in [6, 6.07) is 15.7. The van der Waals surface area contributed by atoms with Gasteiger partial charge < -0.3 is 10.6 Å². The summed E-state index contributed by atoms with van der Waals surface area (Å²) in [4.78, 5) is 2.08. The van der Waals surface area contributed by atoms with E-state index in [9.17, 15) is 4.39 Å². The van der Waals surface area contributed by atoms with Gasteiger partial charge in [-0.2, -0.15) is 0 Å². The summed E-state index contributed by atoms with van der Waals surface area (Å²) in [6.45, 7) is 2.13. The average molecular weight is 256 g/mol. The molecule has 1 saturated heterocycles. The van der Waals surface area contributed by atoms with Crippen molar-refractivity contribution in [3.63, 3.8) is 0 Å². The predicted octanol–water partition coefficient (Wildman–Crippen LogP) is 2.89. The molecule has 19 heavy (non-hydrogen) atoms. The van der Waals surface area contributed by atoms with Crippen LogP contribution in [-0.2, 0) is 6.54 Å². The number of nitrogens with zero attached hydrogens (tertiary/aromatic N) is 1. The van der Waals surface area contributed by atoms with Crippen molar-refractivity contribution in [3.05, 3.63) is 65.5 Å². The fourth-order valence-corrected chi connectivity index (χ4v) is 2.55. The first-order chi connectivity index (χ1) is 9.28. The van der Waals surface area contributed by atoms with Crippen molar-refractivity contribution in [2.75, 3.05) is 18.0 Å². The van der Waals surface area contributed by atoms with Gasteiger partial charge in [0.25, 0.3) is 0 Å². The summed E-state index contributed by atoms with van der Waals surface area (Å²) in [5.74, 6) is 0.337. The number of nitrogens with two attached hydrogens (primary N) is 1. The van der Waals surface area contributed by atoms with Gasteiger partial charge in [0.05, 0.1) is 5.69 Å². The van der Waals surface area contributed by atoms with E-state index in [1.54, 1.807) is 0 Å². The molecule has 1 aliphatic rings. The Kier molecular flexibility index (Phi) is 3.22. The third kappa shape index (κ3) is 2.34. The van der Waals surface area contributed by atoms with Crippen molar-refractivity contribution in [2.24, 2.45) is 5.73 Å². The summed E-state index contributed by atoms with van der Waals surface area (Å²) in [6.07, 6.45) is 0. The lowest BCUT2D eigenvalue weighted by Crippen LogP contribution is -2.45. The fourth-order valence-electron chi connectivity index (χ4n) is 2.55. The summed E-state index contributed by atoms with van der Waals surface area (Å²) in [5, 5.41) is 0. The molecule has 0 atom stereocenters. The van der Waals surface area contributed by atoms with Crippen LogP contribution in [-0.4, -0.2) is 13.1 Å². The van der Waals surface area contributed by atoms with Gasteiger partial charge in [0.1, 0.15) is 5.82 Å². The molecule has 3 heteroatoms. The molecule has 0 aliphatic carbocycles. The molecule has 2 aromatic carbocycles. The third-order valence-corrected chi connectivity index (χ3v) is 3.74. The van der Waals surface area contributed by atoms with Crippen LogP contribution in [0.5, 0.6) is 0 Å². The predicted molar refractivity (Wildman–Crippen MR) is 75.7 cm³/mol. The highest BCUT2D eigenvalue weighted by atomic mass is 19.1. The van der Waals surface area contributed by atoms with Gasteiger partial charge in [0.2, 0.25) is 0 Å². The lowest BCUT2D eigenvalue weighted by molar-refractivity contribution is 0.509. The van der Waals surface area contributed by atoms with Crippen LogP contribution in [0.25, 0.3) is 0 Å². The zero-order chi connectivity index (χ0) is 13.2. The number of rotatable bonds is 3. The molecule has 1 aliphatic heterocycles. The van der Waals surface area contributed by atoms with Crippen molar-refractivity contribution in [1.82, 2.24) is 0 Å². The Morgan fingerprint density at radius 3 is 2.47 bits per heavy atom. The van der Waals surface area contributed by atoms with Gasteiger partial charge in [0, 0.05) is 25.6 Å². The normalized spacial score (nSPS) is 15.4. The van der Waals surface area contributed by atoms with Gasteiger partial charge in [-0.15, -0.1) is 0 Å². The number of anilines is 1. The van der Waals surface area contributed by atoms with E-state index in [4.69, 9.17) is 5.73 Å². The number of benzene rings is 2. The average Bonchev–Trinajstić information content (AvgIpc) is 2.40. The van der Waals surface area contributed by atoms with E-state index in [1.807, 2.05) is 18.2 Å². The first-order valence-corrected chi connectivity index (χ1v) is 6.56. The topological polar surface area (TPSA) is 29.3 Å². The van der Waals surface area contributed by atoms with Gasteiger partial charge in [-0.05, 0) is 23.3 Å². The standard InChI is InChI=1S/C16H17FN2/c17-15-8-12(9-18)6-7-16(15)19-10-14(11-19)13-4-2-1-3-5-13/h1-8,14H,9-11,18H2. The highest BCUT2D eigenvalue weighted by molar-refractivity contribution is 5.53. The van der Waals surface area contributed by atoms with Crippen molar-refractivity contribution < 1.29 is 4.39 Å². The van der Waals surface area contributed by atoms with Crippen LogP contribution < -0.4 is 10.6 Å². The SMILES string of the molecule is NCc1ccc(N2CC(c3ccccc3)C2)c(F)c1. The smallest absolute Gasteiger partial charge is 0.146 e. The molecule has 1 fully saturated rings. The Morgan fingerprint density at radius 2 is 1.84 bits per heavy atom. The fraction of sp³-hybridized carbons (Fsp3) is 0.250. The first-order valence-electron chi connectivity index (χ1n) is 6.56. The highest BCUT2D eigenvalue weighted by Crippen LogP contribution is 2.33. The van der Waals surface area contributed by atoms with Gasteiger partial charge in [-0.3, -0.25) is 0 Å². The molecule has 1 heterocycles. The number of halogens is 1. The van der Waals surface area contributed by atoms with Gasteiger partial charge in [-0.1, -0.05) is 36.4 Å².